The molecule has 0 amide bonds. The average molecular weight is 294 g/mol. The molecule has 5 heteroatoms. The van der Waals surface area contributed by atoms with Crippen LogP contribution in [0.3, 0.4) is 0 Å². The molecule has 5 nitrogen and oxygen atoms in total. The molecule has 0 aliphatic heterocycles. The van der Waals surface area contributed by atoms with E-state index in [1.54, 1.807) is 0 Å². The summed E-state index contributed by atoms with van der Waals surface area (Å²) >= 11 is 0. The molecule has 0 aliphatic rings. The predicted molar refractivity (Wildman–Crippen MR) is 83.2 cm³/mol. The molecule has 0 bridgehead atoms. The number of ether oxygens (including phenoxy) is 2. The summed E-state index contributed by atoms with van der Waals surface area (Å²) in [5.41, 5.74) is 6.65. The summed E-state index contributed by atoms with van der Waals surface area (Å²) < 4.78 is 10.3. The van der Waals surface area contributed by atoms with Crippen molar-refractivity contribution < 1.29 is 14.3 Å². The topological polar surface area (TPSA) is 64.8 Å². The molecule has 0 spiro atoms. The molecule has 0 aromatic heterocycles. The Morgan fingerprint density at radius 3 is 2.52 bits per heavy atom. The van der Waals surface area contributed by atoms with E-state index >= 15 is 0 Å². The predicted octanol–water partition coefficient (Wildman–Crippen LogP) is 1.80. The minimum absolute atomic E-state index is 0.162. The zero-order valence-corrected chi connectivity index (χ0v) is 13.0. The lowest BCUT2D eigenvalue weighted by Crippen LogP contribution is -2.28. The summed E-state index contributed by atoms with van der Waals surface area (Å²) in [6.45, 7) is 5.86. The van der Waals surface area contributed by atoms with Crippen molar-refractivity contribution in [1.29, 1.82) is 0 Å². The third kappa shape index (κ3) is 7.11. The Morgan fingerprint density at radius 1 is 1.24 bits per heavy atom. The molecule has 1 rings (SSSR count). The Balaban J connectivity index is 2.20. The van der Waals surface area contributed by atoms with E-state index in [0.717, 1.165) is 37.4 Å². The van der Waals surface area contributed by atoms with Crippen LogP contribution in [0.4, 0.5) is 0 Å². The number of carbonyl (C=O) groups is 1. The van der Waals surface area contributed by atoms with Gasteiger partial charge in [0.15, 0.2) is 0 Å². The maximum atomic E-state index is 11.1. The largest absolute Gasteiger partial charge is 0.494 e. The first-order valence-corrected chi connectivity index (χ1v) is 7.40. The third-order valence-corrected chi connectivity index (χ3v) is 3.35. The van der Waals surface area contributed by atoms with Crippen molar-refractivity contribution >= 4 is 5.97 Å². The van der Waals surface area contributed by atoms with Crippen LogP contribution in [0.2, 0.25) is 0 Å². The fraction of sp³-hybridized carbons (Fsp3) is 0.562. The summed E-state index contributed by atoms with van der Waals surface area (Å²) in [5, 5.41) is 0. The molecule has 1 aromatic carbocycles. The van der Waals surface area contributed by atoms with Crippen molar-refractivity contribution in [3.05, 3.63) is 29.8 Å². The highest BCUT2D eigenvalue weighted by Crippen LogP contribution is 2.12. The molecule has 118 valence electrons. The van der Waals surface area contributed by atoms with Gasteiger partial charge in [0, 0.05) is 19.6 Å². The highest BCUT2D eigenvalue weighted by molar-refractivity contribution is 5.69. The number of esters is 1. The number of hydrogen-bond acceptors (Lipinski definition) is 5. The summed E-state index contributed by atoms with van der Waals surface area (Å²) in [6.07, 6.45) is 1.36. The standard InChI is InChI=1S/C16H26N2O3/c1-3-18(11-9-16(19)20-2)10-4-12-21-15-7-5-14(13-17)6-8-15/h5-8H,3-4,9-13,17H2,1-2H3. The van der Waals surface area contributed by atoms with Gasteiger partial charge in [-0.1, -0.05) is 19.1 Å². The molecule has 2 N–H and O–H groups in total. The number of carbonyl (C=O) groups excluding carboxylic acids is 1. The molecule has 0 heterocycles. The maximum absolute atomic E-state index is 11.1. The van der Waals surface area contributed by atoms with Crippen molar-refractivity contribution in [3.63, 3.8) is 0 Å². The SMILES string of the molecule is CCN(CCCOc1ccc(CN)cc1)CCC(=O)OC. The van der Waals surface area contributed by atoms with Crippen LogP contribution < -0.4 is 10.5 Å². The van der Waals surface area contributed by atoms with Gasteiger partial charge < -0.3 is 20.1 Å². The normalized spacial score (nSPS) is 10.7. The van der Waals surface area contributed by atoms with E-state index in [0.29, 0.717) is 19.6 Å². The van der Waals surface area contributed by atoms with Crippen LogP contribution >= 0.6 is 0 Å². The van der Waals surface area contributed by atoms with Gasteiger partial charge in [0.05, 0.1) is 20.1 Å². The Morgan fingerprint density at radius 2 is 1.95 bits per heavy atom. The number of methoxy groups -OCH3 is 1. The van der Waals surface area contributed by atoms with Gasteiger partial charge in [-0.2, -0.15) is 0 Å². The second kappa shape index (κ2) is 10.2. The molecule has 0 unspecified atom stereocenters. The number of benzene rings is 1. The first-order chi connectivity index (χ1) is 10.2. The summed E-state index contributed by atoms with van der Waals surface area (Å²) in [4.78, 5) is 13.3. The van der Waals surface area contributed by atoms with Crippen LogP contribution in [-0.2, 0) is 16.1 Å². The van der Waals surface area contributed by atoms with Gasteiger partial charge in [-0.25, -0.2) is 0 Å². The average Bonchev–Trinajstić information content (AvgIpc) is 2.54. The molecule has 0 aliphatic carbocycles. The maximum Gasteiger partial charge on any atom is 0.306 e. The van der Waals surface area contributed by atoms with Crippen molar-refractivity contribution in [2.75, 3.05) is 33.4 Å². The second-order valence-corrected chi connectivity index (χ2v) is 4.81. The molecule has 0 radical (unpaired) electrons. The Bertz CT molecular complexity index is 406. The quantitative estimate of drug-likeness (QED) is 0.526. The highest BCUT2D eigenvalue weighted by atomic mass is 16.5. The Labute approximate surface area is 127 Å². The van der Waals surface area contributed by atoms with Crippen molar-refractivity contribution in [3.8, 4) is 5.75 Å². The number of nitrogens with two attached hydrogens (primary N) is 1. The van der Waals surface area contributed by atoms with E-state index in [4.69, 9.17) is 10.5 Å². The van der Waals surface area contributed by atoms with Crippen LogP contribution in [0.5, 0.6) is 5.75 Å². The molecule has 0 atom stereocenters. The molecular formula is C16H26N2O3. The van der Waals surface area contributed by atoms with Crippen LogP contribution in [0.1, 0.15) is 25.3 Å². The van der Waals surface area contributed by atoms with E-state index in [-0.39, 0.29) is 5.97 Å². The van der Waals surface area contributed by atoms with Crippen molar-refractivity contribution in [2.45, 2.75) is 26.3 Å². The van der Waals surface area contributed by atoms with E-state index < -0.39 is 0 Å². The van der Waals surface area contributed by atoms with E-state index in [9.17, 15) is 4.79 Å². The molecular weight excluding hydrogens is 268 g/mol. The zero-order valence-electron chi connectivity index (χ0n) is 13.0. The fourth-order valence-electron chi connectivity index (χ4n) is 1.98. The first kappa shape index (κ1) is 17.5. The minimum Gasteiger partial charge on any atom is -0.494 e. The van der Waals surface area contributed by atoms with Crippen molar-refractivity contribution in [1.82, 2.24) is 4.90 Å². The summed E-state index contributed by atoms with van der Waals surface area (Å²) in [5.74, 6) is 0.703. The fourth-order valence-corrected chi connectivity index (χ4v) is 1.98. The van der Waals surface area contributed by atoms with Gasteiger partial charge >= 0.3 is 5.97 Å². The lowest BCUT2D eigenvalue weighted by atomic mass is 10.2. The van der Waals surface area contributed by atoms with Gasteiger partial charge in [-0.3, -0.25) is 4.79 Å². The van der Waals surface area contributed by atoms with E-state index in [2.05, 4.69) is 16.6 Å². The van der Waals surface area contributed by atoms with Crippen LogP contribution in [0.15, 0.2) is 24.3 Å². The van der Waals surface area contributed by atoms with Gasteiger partial charge in [-0.05, 0) is 30.7 Å². The number of nitrogens with zero attached hydrogens (tertiary/aromatic N) is 1. The molecule has 1 aromatic rings. The lowest BCUT2D eigenvalue weighted by molar-refractivity contribution is -0.140. The van der Waals surface area contributed by atoms with E-state index in [1.165, 1.54) is 7.11 Å². The van der Waals surface area contributed by atoms with E-state index in [1.807, 2.05) is 24.3 Å². The van der Waals surface area contributed by atoms with Crippen LogP contribution in [0, 0.1) is 0 Å². The monoisotopic (exact) mass is 294 g/mol. The van der Waals surface area contributed by atoms with Gasteiger partial charge in [0.2, 0.25) is 0 Å². The smallest absolute Gasteiger partial charge is 0.306 e. The Hall–Kier alpha value is -1.59. The number of rotatable bonds is 10. The number of hydrogen-bond donors (Lipinski definition) is 1. The third-order valence-electron chi connectivity index (χ3n) is 3.35. The highest BCUT2D eigenvalue weighted by Gasteiger charge is 2.06. The summed E-state index contributed by atoms with van der Waals surface area (Å²) in [7, 11) is 1.42. The molecule has 21 heavy (non-hydrogen) atoms. The lowest BCUT2D eigenvalue weighted by Gasteiger charge is -2.19. The second-order valence-electron chi connectivity index (χ2n) is 4.81. The molecule has 0 saturated heterocycles. The van der Waals surface area contributed by atoms with Gasteiger partial charge in [0.25, 0.3) is 0 Å². The Kier molecular flexibility index (Phi) is 8.47. The van der Waals surface area contributed by atoms with Gasteiger partial charge in [0.1, 0.15) is 5.75 Å². The van der Waals surface area contributed by atoms with Crippen LogP contribution in [0.25, 0.3) is 0 Å². The van der Waals surface area contributed by atoms with Crippen LogP contribution in [-0.4, -0.2) is 44.2 Å². The zero-order chi connectivity index (χ0) is 15.5. The molecule has 0 fully saturated rings. The van der Waals surface area contributed by atoms with Crippen molar-refractivity contribution in [2.24, 2.45) is 5.73 Å². The summed E-state index contributed by atoms with van der Waals surface area (Å²) in [6, 6.07) is 7.84. The van der Waals surface area contributed by atoms with Gasteiger partial charge in [-0.15, -0.1) is 0 Å². The molecule has 0 saturated carbocycles. The minimum atomic E-state index is -0.162. The first-order valence-electron chi connectivity index (χ1n) is 7.40.